The molecule has 0 heteroatoms. The molecule has 0 aromatic carbocycles. The van der Waals surface area contributed by atoms with E-state index >= 15 is 0 Å². The van der Waals surface area contributed by atoms with Gasteiger partial charge in [0.2, 0.25) is 0 Å². The van der Waals surface area contributed by atoms with Gasteiger partial charge in [0.1, 0.15) is 0 Å². The van der Waals surface area contributed by atoms with Crippen molar-refractivity contribution < 1.29 is 0 Å². The van der Waals surface area contributed by atoms with E-state index in [2.05, 4.69) is 41.5 Å². The van der Waals surface area contributed by atoms with Crippen molar-refractivity contribution in [3.05, 3.63) is 6.92 Å². The molecule has 73 valence electrons. The van der Waals surface area contributed by atoms with Crippen molar-refractivity contribution in [2.45, 2.75) is 60.3 Å². The van der Waals surface area contributed by atoms with E-state index in [1.807, 2.05) is 0 Å². The first kappa shape index (κ1) is 12.0. The molecule has 0 N–H and O–H groups in total. The lowest BCUT2D eigenvalue weighted by Crippen LogP contribution is -2.23. The molecular formula is C12H25. The Morgan fingerprint density at radius 3 is 1.83 bits per heavy atom. The second-order valence-electron chi connectivity index (χ2n) is 5.26. The third kappa shape index (κ3) is 4.79. The van der Waals surface area contributed by atoms with Gasteiger partial charge in [-0.2, -0.15) is 0 Å². The molecule has 12 heavy (non-hydrogen) atoms. The molecule has 0 spiro atoms. The Labute approximate surface area is 78.8 Å². The first-order valence-corrected chi connectivity index (χ1v) is 5.18. The van der Waals surface area contributed by atoms with E-state index in [0.29, 0.717) is 5.41 Å². The summed E-state index contributed by atoms with van der Waals surface area (Å²) in [4.78, 5) is 0. The molecule has 0 aromatic heterocycles. The van der Waals surface area contributed by atoms with Crippen molar-refractivity contribution in [3.63, 3.8) is 0 Å². The van der Waals surface area contributed by atoms with Crippen LogP contribution in [0, 0.1) is 17.8 Å². The zero-order chi connectivity index (χ0) is 9.83. The van der Waals surface area contributed by atoms with E-state index in [-0.39, 0.29) is 5.41 Å². The van der Waals surface area contributed by atoms with E-state index in [4.69, 9.17) is 0 Å². The van der Waals surface area contributed by atoms with Crippen LogP contribution in [0.25, 0.3) is 0 Å². The number of hydrogen-bond donors (Lipinski definition) is 0. The van der Waals surface area contributed by atoms with Gasteiger partial charge in [-0.1, -0.05) is 47.5 Å². The summed E-state index contributed by atoms with van der Waals surface area (Å²) >= 11 is 0. The molecule has 0 nitrogen and oxygen atoms in total. The number of hydrogen-bond acceptors (Lipinski definition) is 0. The second kappa shape index (κ2) is 4.30. The van der Waals surface area contributed by atoms with Gasteiger partial charge in [0.25, 0.3) is 0 Å². The monoisotopic (exact) mass is 169 g/mol. The largest absolute Gasteiger partial charge is 0.0654 e. The van der Waals surface area contributed by atoms with Crippen LogP contribution in [0.5, 0.6) is 0 Å². The standard InChI is InChI=1S/C12H25/c1-7-9-12(6,8-2)10-11(3,4)5/h3,7-10H2,1-2,4-6H3. The predicted molar refractivity (Wildman–Crippen MR) is 57.1 cm³/mol. The molecule has 0 saturated carbocycles. The molecular weight excluding hydrogens is 144 g/mol. The maximum Gasteiger partial charge on any atom is -0.0323 e. The first-order chi connectivity index (χ1) is 5.33. The van der Waals surface area contributed by atoms with Crippen molar-refractivity contribution in [3.8, 4) is 0 Å². The van der Waals surface area contributed by atoms with E-state index < -0.39 is 0 Å². The molecule has 0 aromatic rings. The average Bonchev–Trinajstić information content (AvgIpc) is 1.84. The lowest BCUT2D eigenvalue weighted by Gasteiger charge is -2.34. The zero-order valence-corrected chi connectivity index (χ0v) is 9.54. The molecule has 0 rings (SSSR count). The molecule has 0 amide bonds. The summed E-state index contributed by atoms with van der Waals surface area (Å²) < 4.78 is 0. The van der Waals surface area contributed by atoms with Crippen molar-refractivity contribution in [1.82, 2.24) is 0 Å². The SMILES string of the molecule is [CH2]C(C)(C)CC(C)(CC)CCC. The summed E-state index contributed by atoms with van der Waals surface area (Å²) in [5.41, 5.74) is 0.750. The molecule has 1 atom stereocenters. The lowest BCUT2D eigenvalue weighted by molar-refractivity contribution is 0.186. The predicted octanol–water partition coefficient (Wildman–Crippen LogP) is 4.45. The van der Waals surface area contributed by atoms with Crippen LogP contribution in [0.1, 0.15) is 60.3 Å². The normalized spacial score (nSPS) is 17.5. The van der Waals surface area contributed by atoms with Gasteiger partial charge in [0.15, 0.2) is 0 Å². The maximum absolute atomic E-state index is 4.19. The van der Waals surface area contributed by atoms with E-state index in [0.717, 1.165) is 0 Å². The third-order valence-corrected chi connectivity index (χ3v) is 2.61. The van der Waals surface area contributed by atoms with E-state index in [1.54, 1.807) is 0 Å². The van der Waals surface area contributed by atoms with Crippen LogP contribution in [0.3, 0.4) is 0 Å². The zero-order valence-electron chi connectivity index (χ0n) is 9.54. The molecule has 0 aliphatic rings. The van der Waals surface area contributed by atoms with Gasteiger partial charge in [0.05, 0.1) is 0 Å². The quantitative estimate of drug-likeness (QED) is 0.570. The Bertz CT molecular complexity index is 118. The van der Waals surface area contributed by atoms with Gasteiger partial charge in [-0.15, -0.1) is 0 Å². The van der Waals surface area contributed by atoms with Crippen LogP contribution in [0.4, 0.5) is 0 Å². The first-order valence-electron chi connectivity index (χ1n) is 5.18. The van der Waals surface area contributed by atoms with Crippen molar-refractivity contribution in [2.75, 3.05) is 0 Å². The fourth-order valence-electron chi connectivity index (χ4n) is 2.15. The highest BCUT2D eigenvalue weighted by Gasteiger charge is 2.27. The highest BCUT2D eigenvalue weighted by molar-refractivity contribution is 4.82. The highest BCUT2D eigenvalue weighted by Crippen LogP contribution is 2.39. The molecule has 1 unspecified atom stereocenters. The molecule has 0 heterocycles. The second-order valence-corrected chi connectivity index (χ2v) is 5.26. The third-order valence-electron chi connectivity index (χ3n) is 2.61. The van der Waals surface area contributed by atoms with Gasteiger partial charge < -0.3 is 0 Å². The van der Waals surface area contributed by atoms with E-state index in [9.17, 15) is 0 Å². The molecule has 1 radical (unpaired) electrons. The summed E-state index contributed by atoms with van der Waals surface area (Å²) in [6.07, 6.45) is 5.15. The molecule has 0 aliphatic carbocycles. The number of rotatable bonds is 5. The van der Waals surface area contributed by atoms with Gasteiger partial charge >= 0.3 is 0 Å². The minimum atomic E-state index is 0.236. The summed E-state index contributed by atoms with van der Waals surface area (Å²) in [6, 6.07) is 0. The van der Waals surface area contributed by atoms with Gasteiger partial charge in [0, 0.05) is 0 Å². The van der Waals surface area contributed by atoms with Gasteiger partial charge in [-0.25, -0.2) is 0 Å². The maximum atomic E-state index is 4.19. The molecule has 0 saturated heterocycles. The van der Waals surface area contributed by atoms with E-state index in [1.165, 1.54) is 25.7 Å². The minimum absolute atomic E-state index is 0.236. The fourth-order valence-corrected chi connectivity index (χ4v) is 2.15. The Morgan fingerprint density at radius 1 is 1.08 bits per heavy atom. The Balaban J connectivity index is 4.14. The van der Waals surface area contributed by atoms with Crippen molar-refractivity contribution in [1.29, 1.82) is 0 Å². The lowest BCUT2D eigenvalue weighted by atomic mass is 9.71. The van der Waals surface area contributed by atoms with Crippen LogP contribution in [-0.2, 0) is 0 Å². The topological polar surface area (TPSA) is 0 Å². The van der Waals surface area contributed by atoms with Crippen LogP contribution < -0.4 is 0 Å². The van der Waals surface area contributed by atoms with Crippen LogP contribution in [0.2, 0.25) is 0 Å². The Morgan fingerprint density at radius 2 is 1.58 bits per heavy atom. The Hall–Kier alpha value is 0. The molecule has 0 aliphatic heterocycles. The Kier molecular flexibility index (Phi) is 4.30. The van der Waals surface area contributed by atoms with Crippen LogP contribution in [0.15, 0.2) is 0 Å². The summed E-state index contributed by atoms with van der Waals surface area (Å²) in [7, 11) is 0. The van der Waals surface area contributed by atoms with Crippen LogP contribution in [-0.4, -0.2) is 0 Å². The van der Waals surface area contributed by atoms with Crippen LogP contribution >= 0.6 is 0 Å². The highest BCUT2D eigenvalue weighted by atomic mass is 14.3. The smallest absolute Gasteiger partial charge is 0.0323 e. The van der Waals surface area contributed by atoms with Crippen molar-refractivity contribution >= 4 is 0 Å². The minimum Gasteiger partial charge on any atom is -0.0654 e. The van der Waals surface area contributed by atoms with Gasteiger partial charge in [-0.3, -0.25) is 0 Å². The summed E-state index contributed by atoms with van der Waals surface area (Å²) in [5, 5.41) is 0. The molecule has 0 fully saturated rings. The van der Waals surface area contributed by atoms with Gasteiger partial charge in [-0.05, 0) is 30.6 Å². The van der Waals surface area contributed by atoms with Crippen molar-refractivity contribution in [2.24, 2.45) is 10.8 Å². The summed E-state index contributed by atoms with van der Waals surface area (Å²) in [6.45, 7) is 15.6. The molecule has 0 bridgehead atoms. The average molecular weight is 169 g/mol. The summed E-state index contributed by atoms with van der Waals surface area (Å²) in [5.74, 6) is 0. The fraction of sp³-hybridized carbons (Fsp3) is 0.917.